The van der Waals surface area contributed by atoms with Crippen molar-refractivity contribution in [1.82, 2.24) is 5.32 Å². The number of ether oxygens (including phenoxy) is 2. The quantitative estimate of drug-likeness (QED) is 0.671. The van der Waals surface area contributed by atoms with Gasteiger partial charge in [-0.3, -0.25) is 0 Å². The van der Waals surface area contributed by atoms with Crippen molar-refractivity contribution >= 4 is 5.97 Å². The molecule has 0 radical (unpaired) electrons. The number of carbonyl (C=O) groups excluding carboxylic acids is 1. The summed E-state index contributed by atoms with van der Waals surface area (Å²) in [6, 6.07) is 16.2. The molecule has 2 aromatic rings. The molecule has 1 N–H and O–H groups in total. The van der Waals surface area contributed by atoms with Gasteiger partial charge in [0.2, 0.25) is 0 Å². The zero-order chi connectivity index (χ0) is 21.0. The van der Waals surface area contributed by atoms with Crippen LogP contribution in [0.3, 0.4) is 0 Å². The van der Waals surface area contributed by atoms with E-state index >= 15 is 0 Å². The Balaban J connectivity index is 1.92. The van der Waals surface area contributed by atoms with Crippen LogP contribution in [-0.4, -0.2) is 12.1 Å². The minimum Gasteiger partial charge on any atom is -0.489 e. The van der Waals surface area contributed by atoms with Gasteiger partial charge in [0.15, 0.2) is 0 Å². The van der Waals surface area contributed by atoms with Crippen molar-refractivity contribution in [3.63, 3.8) is 0 Å². The van der Waals surface area contributed by atoms with Crippen LogP contribution in [0.15, 0.2) is 71.6 Å². The molecular weight excluding hydrogens is 362 g/mol. The number of nitrogens with one attached hydrogen (secondary N) is 1. The number of aryl methyl sites for hydroxylation is 1. The molecule has 4 heteroatoms. The van der Waals surface area contributed by atoms with Crippen LogP contribution in [0.4, 0.5) is 0 Å². The molecule has 0 fully saturated rings. The number of allylic oxidation sites excluding steroid dienone is 3. The van der Waals surface area contributed by atoms with Gasteiger partial charge in [0, 0.05) is 22.9 Å². The van der Waals surface area contributed by atoms with Gasteiger partial charge in [-0.2, -0.15) is 0 Å². The standard InChI is InChI=1S/C25H29NO3/c1-16(2)29-25(27)24-19(5)26-18(4)14-22(24)21-8-6-7-9-23(21)28-15-20-12-10-17(3)11-13-20/h6-14,16,22,26H,15H2,1-5H3. The molecule has 0 bridgehead atoms. The summed E-state index contributed by atoms with van der Waals surface area (Å²) in [6.07, 6.45) is 1.88. The zero-order valence-electron chi connectivity index (χ0n) is 17.8. The number of dihydropyridines is 1. The van der Waals surface area contributed by atoms with Gasteiger partial charge in [-0.1, -0.05) is 54.1 Å². The summed E-state index contributed by atoms with van der Waals surface area (Å²) in [5.74, 6) is 0.246. The van der Waals surface area contributed by atoms with Crippen molar-refractivity contribution in [1.29, 1.82) is 0 Å². The van der Waals surface area contributed by atoms with E-state index in [2.05, 4.69) is 42.6 Å². The molecular formula is C25H29NO3. The number of benzene rings is 2. The zero-order valence-corrected chi connectivity index (χ0v) is 17.8. The summed E-state index contributed by atoms with van der Waals surface area (Å²) in [5, 5.41) is 3.26. The van der Waals surface area contributed by atoms with Gasteiger partial charge < -0.3 is 14.8 Å². The van der Waals surface area contributed by atoms with E-state index in [0.717, 1.165) is 28.3 Å². The highest BCUT2D eigenvalue weighted by Gasteiger charge is 2.30. The molecule has 1 atom stereocenters. The molecule has 1 aliphatic heterocycles. The maximum Gasteiger partial charge on any atom is 0.336 e. The fourth-order valence-corrected chi connectivity index (χ4v) is 3.49. The first-order valence-corrected chi connectivity index (χ1v) is 9.99. The second-order valence-electron chi connectivity index (χ2n) is 7.76. The highest BCUT2D eigenvalue weighted by atomic mass is 16.5. The van der Waals surface area contributed by atoms with Crippen LogP contribution < -0.4 is 10.1 Å². The van der Waals surface area contributed by atoms with Crippen LogP contribution >= 0.6 is 0 Å². The summed E-state index contributed by atoms with van der Waals surface area (Å²) < 4.78 is 11.7. The summed E-state index contributed by atoms with van der Waals surface area (Å²) in [7, 11) is 0. The van der Waals surface area contributed by atoms with E-state index in [-0.39, 0.29) is 18.0 Å². The Morgan fingerprint density at radius 2 is 1.72 bits per heavy atom. The summed E-state index contributed by atoms with van der Waals surface area (Å²) >= 11 is 0. The lowest BCUT2D eigenvalue weighted by Crippen LogP contribution is -2.27. The van der Waals surface area contributed by atoms with E-state index in [4.69, 9.17) is 9.47 Å². The number of para-hydroxylation sites is 1. The van der Waals surface area contributed by atoms with Gasteiger partial charge in [-0.15, -0.1) is 0 Å². The first-order valence-electron chi connectivity index (χ1n) is 9.99. The molecule has 0 amide bonds. The van der Waals surface area contributed by atoms with Gasteiger partial charge in [-0.05, 0) is 46.2 Å². The number of hydrogen-bond donors (Lipinski definition) is 1. The molecule has 0 aliphatic carbocycles. The predicted octanol–water partition coefficient (Wildman–Crippen LogP) is 5.39. The first-order chi connectivity index (χ1) is 13.8. The molecule has 1 unspecified atom stereocenters. The van der Waals surface area contributed by atoms with Crippen molar-refractivity contribution in [3.05, 3.63) is 88.3 Å². The highest BCUT2D eigenvalue weighted by molar-refractivity contribution is 5.92. The monoisotopic (exact) mass is 391 g/mol. The van der Waals surface area contributed by atoms with E-state index in [9.17, 15) is 4.79 Å². The minimum atomic E-state index is -0.299. The van der Waals surface area contributed by atoms with Crippen LogP contribution in [-0.2, 0) is 16.1 Å². The van der Waals surface area contributed by atoms with E-state index in [0.29, 0.717) is 12.2 Å². The molecule has 1 heterocycles. The third kappa shape index (κ3) is 5.08. The molecule has 152 valence electrons. The average Bonchev–Trinajstić information content (AvgIpc) is 2.66. The molecule has 0 spiro atoms. The Labute approximate surface area is 173 Å². The number of hydrogen-bond acceptors (Lipinski definition) is 4. The van der Waals surface area contributed by atoms with Crippen LogP contribution in [0.1, 0.15) is 50.3 Å². The number of carbonyl (C=O) groups is 1. The van der Waals surface area contributed by atoms with Crippen molar-refractivity contribution in [3.8, 4) is 5.75 Å². The Morgan fingerprint density at radius 1 is 1.03 bits per heavy atom. The van der Waals surface area contributed by atoms with Crippen LogP contribution in [0.2, 0.25) is 0 Å². The van der Waals surface area contributed by atoms with Gasteiger partial charge in [0.05, 0.1) is 11.7 Å². The van der Waals surface area contributed by atoms with Crippen molar-refractivity contribution in [2.45, 2.75) is 53.2 Å². The molecule has 2 aromatic carbocycles. The molecule has 0 saturated carbocycles. The maximum absolute atomic E-state index is 12.8. The van der Waals surface area contributed by atoms with Crippen molar-refractivity contribution in [2.24, 2.45) is 0 Å². The average molecular weight is 392 g/mol. The van der Waals surface area contributed by atoms with Crippen molar-refractivity contribution < 1.29 is 14.3 Å². The second kappa shape index (κ2) is 8.99. The van der Waals surface area contributed by atoms with E-state index in [1.807, 2.05) is 52.0 Å². The van der Waals surface area contributed by atoms with Gasteiger partial charge in [-0.25, -0.2) is 4.79 Å². The first kappa shape index (κ1) is 20.7. The Morgan fingerprint density at radius 3 is 2.41 bits per heavy atom. The van der Waals surface area contributed by atoms with Crippen LogP contribution in [0.5, 0.6) is 5.75 Å². The number of rotatable bonds is 6. The molecule has 4 nitrogen and oxygen atoms in total. The fraction of sp³-hybridized carbons (Fsp3) is 0.320. The molecule has 3 rings (SSSR count). The van der Waals surface area contributed by atoms with Crippen molar-refractivity contribution in [2.75, 3.05) is 0 Å². The summed E-state index contributed by atoms with van der Waals surface area (Å²) in [5.41, 5.74) is 5.72. The maximum atomic E-state index is 12.8. The Kier molecular flexibility index (Phi) is 6.42. The predicted molar refractivity (Wildman–Crippen MR) is 116 cm³/mol. The van der Waals surface area contributed by atoms with Crippen LogP contribution in [0.25, 0.3) is 0 Å². The lowest BCUT2D eigenvalue weighted by Gasteiger charge is -2.27. The summed E-state index contributed by atoms with van der Waals surface area (Å²) in [4.78, 5) is 12.8. The van der Waals surface area contributed by atoms with E-state index in [1.54, 1.807) is 0 Å². The van der Waals surface area contributed by atoms with E-state index in [1.165, 1.54) is 5.56 Å². The highest BCUT2D eigenvalue weighted by Crippen LogP contribution is 2.38. The largest absolute Gasteiger partial charge is 0.489 e. The van der Waals surface area contributed by atoms with Gasteiger partial charge in [0.25, 0.3) is 0 Å². The molecule has 0 aromatic heterocycles. The fourth-order valence-electron chi connectivity index (χ4n) is 3.49. The molecule has 0 saturated heterocycles. The third-order valence-corrected chi connectivity index (χ3v) is 4.85. The Bertz CT molecular complexity index is 939. The molecule has 29 heavy (non-hydrogen) atoms. The Hall–Kier alpha value is -3.01. The lowest BCUT2D eigenvalue weighted by atomic mass is 9.86. The van der Waals surface area contributed by atoms with Gasteiger partial charge in [0.1, 0.15) is 12.4 Å². The normalized spacial score (nSPS) is 16.3. The lowest BCUT2D eigenvalue weighted by molar-refractivity contribution is -0.143. The molecule has 1 aliphatic rings. The number of esters is 1. The third-order valence-electron chi connectivity index (χ3n) is 4.85. The minimum absolute atomic E-state index is 0.177. The topological polar surface area (TPSA) is 47.6 Å². The second-order valence-corrected chi connectivity index (χ2v) is 7.76. The van der Waals surface area contributed by atoms with Crippen LogP contribution in [0, 0.1) is 6.92 Å². The van der Waals surface area contributed by atoms with E-state index < -0.39 is 0 Å². The summed E-state index contributed by atoms with van der Waals surface area (Å²) in [6.45, 7) is 10.2. The smallest absolute Gasteiger partial charge is 0.336 e. The van der Waals surface area contributed by atoms with Gasteiger partial charge >= 0.3 is 5.97 Å². The SMILES string of the molecule is CC1=CC(c2ccccc2OCc2ccc(C)cc2)C(C(=O)OC(C)C)=C(C)N1.